The highest BCUT2D eigenvalue weighted by Gasteiger charge is 2.56. The normalized spacial score (nSPS) is 28.8. The number of nitrogens with two attached hydrogens (primary N) is 1. The van der Waals surface area contributed by atoms with Crippen LogP contribution in [0.15, 0.2) is 6.20 Å². The summed E-state index contributed by atoms with van der Waals surface area (Å²) >= 11 is 4.95. The summed E-state index contributed by atoms with van der Waals surface area (Å²) in [6, 6.07) is 0. The molecule has 0 radical (unpaired) electrons. The van der Waals surface area contributed by atoms with Gasteiger partial charge in [-0.15, -0.1) is 0 Å². The van der Waals surface area contributed by atoms with Crippen LogP contribution < -0.4 is 11.1 Å². The van der Waals surface area contributed by atoms with Crippen LogP contribution in [-0.4, -0.2) is 20.7 Å². The van der Waals surface area contributed by atoms with Gasteiger partial charge in [-0.3, -0.25) is 9.48 Å². The summed E-state index contributed by atoms with van der Waals surface area (Å²) in [7, 11) is 1.77. The number of thiocarbonyl (C=S) groups is 1. The number of carbonyl (C=O) groups is 1. The second-order valence-electron chi connectivity index (χ2n) is 5.17. The summed E-state index contributed by atoms with van der Waals surface area (Å²) in [6.07, 6.45) is 5.24. The lowest BCUT2D eigenvalue weighted by Crippen LogP contribution is -2.21. The number of amides is 1. The minimum atomic E-state index is 0.0887. The number of rotatable bonds is 3. The third-order valence-electron chi connectivity index (χ3n) is 4.16. The Morgan fingerprint density at radius 3 is 2.83 bits per heavy atom. The van der Waals surface area contributed by atoms with Crippen LogP contribution in [-0.2, 0) is 11.8 Å². The fourth-order valence-electron chi connectivity index (χ4n) is 3.18. The van der Waals surface area contributed by atoms with Crippen molar-refractivity contribution in [2.45, 2.75) is 19.3 Å². The number of carbonyl (C=O) groups excluding carboxylic acids is 1. The molecule has 2 aliphatic rings. The van der Waals surface area contributed by atoms with Crippen molar-refractivity contribution in [3.8, 4) is 0 Å². The molecule has 0 aromatic carbocycles. The third kappa shape index (κ3) is 1.71. The zero-order valence-electron chi connectivity index (χ0n) is 10.2. The van der Waals surface area contributed by atoms with Gasteiger partial charge in [-0.05, 0) is 24.7 Å². The maximum atomic E-state index is 12.2. The predicted octanol–water partition coefficient (Wildman–Crippen LogP) is 1.04. The summed E-state index contributed by atoms with van der Waals surface area (Å²) in [6.45, 7) is 0. The standard InChI is InChI=1S/C12H16N4OS/c1-16-11(8(5-14-16)10(13)18)15-12(17)9-6-3-2-4-7(6)9/h5-7,9H,2-4H2,1H3,(H2,13,18)(H,15,17). The van der Waals surface area contributed by atoms with Crippen molar-refractivity contribution in [2.75, 3.05) is 5.32 Å². The Morgan fingerprint density at radius 2 is 2.22 bits per heavy atom. The zero-order chi connectivity index (χ0) is 12.9. The van der Waals surface area contributed by atoms with Gasteiger partial charge in [0.1, 0.15) is 10.8 Å². The van der Waals surface area contributed by atoms with E-state index in [1.807, 2.05) is 0 Å². The summed E-state index contributed by atoms with van der Waals surface area (Å²) < 4.78 is 1.60. The van der Waals surface area contributed by atoms with Crippen molar-refractivity contribution in [3.63, 3.8) is 0 Å². The van der Waals surface area contributed by atoms with Crippen molar-refractivity contribution in [3.05, 3.63) is 11.8 Å². The number of aromatic nitrogens is 2. The van der Waals surface area contributed by atoms with Crippen molar-refractivity contribution in [1.82, 2.24) is 9.78 Å². The molecule has 1 amide bonds. The molecule has 2 saturated carbocycles. The molecule has 1 aromatic rings. The topological polar surface area (TPSA) is 72.9 Å². The Balaban J connectivity index is 1.75. The minimum absolute atomic E-state index is 0.0887. The Bertz CT molecular complexity index is 514. The number of anilines is 1. The van der Waals surface area contributed by atoms with E-state index in [-0.39, 0.29) is 16.8 Å². The molecule has 96 valence electrons. The van der Waals surface area contributed by atoms with E-state index in [4.69, 9.17) is 18.0 Å². The second kappa shape index (κ2) is 4.05. The maximum absolute atomic E-state index is 12.2. The van der Waals surface area contributed by atoms with Crippen molar-refractivity contribution < 1.29 is 4.79 Å². The second-order valence-corrected chi connectivity index (χ2v) is 5.61. The smallest absolute Gasteiger partial charge is 0.229 e. The van der Waals surface area contributed by atoms with Crippen LogP contribution >= 0.6 is 12.2 Å². The van der Waals surface area contributed by atoms with Crippen LogP contribution in [0.3, 0.4) is 0 Å². The van der Waals surface area contributed by atoms with Crippen LogP contribution in [0.1, 0.15) is 24.8 Å². The molecule has 2 fully saturated rings. The first kappa shape index (κ1) is 11.6. The predicted molar refractivity (Wildman–Crippen MR) is 72.0 cm³/mol. The molecule has 2 aliphatic carbocycles. The molecule has 6 heteroatoms. The Morgan fingerprint density at radius 1 is 1.56 bits per heavy atom. The van der Waals surface area contributed by atoms with Crippen LogP contribution in [0.5, 0.6) is 0 Å². The molecule has 1 heterocycles. The summed E-state index contributed by atoms with van der Waals surface area (Å²) in [5, 5.41) is 7.00. The molecule has 5 nitrogen and oxygen atoms in total. The number of fused-ring (bicyclic) bond motifs is 1. The zero-order valence-corrected chi connectivity index (χ0v) is 11.0. The molecule has 1 aromatic heterocycles. The van der Waals surface area contributed by atoms with Gasteiger partial charge in [0.05, 0.1) is 11.8 Å². The van der Waals surface area contributed by atoms with Gasteiger partial charge in [0, 0.05) is 13.0 Å². The highest BCUT2D eigenvalue weighted by atomic mass is 32.1. The molecule has 18 heavy (non-hydrogen) atoms. The van der Waals surface area contributed by atoms with Gasteiger partial charge in [-0.2, -0.15) is 5.10 Å². The van der Waals surface area contributed by atoms with E-state index >= 15 is 0 Å². The van der Waals surface area contributed by atoms with Crippen LogP contribution in [0, 0.1) is 17.8 Å². The SMILES string of the molecule is Cn1ncc(C(N)=S)c1NC(=O)C1C2CCCC21. The first-order valence-corrected chi connectivity index (χ1v) is 6.63. The molecular weight excluding hydrogens is 248 g/mol. The largest absolute Gasteiger partial charge is 0.389 e. The number of hydrogen-bond donors (Lipinski definition) is 2. The highest BCUT2D eigenvalue weighted by molar-refractivity contribution is 7.80. The van der Waals surface area contributed by atoms with Gasteiger partial charge in [0.15, 0.2) is 0 Å². The molecule has 2 atom stereocenters. The van der Waals surface area contributed by atoms with Crippen molar-refractivity contribution >= 4 is 28.9 Å². The van der Waals surface area contributed by atoms with Gasteiger partial charge in [0.25, 0.3) is 0 Å². The Labute approximate surface area is 111 Å². The molecule has 3 rings (SSSR count). The quantitative estimate of drug-likeness (QED) is 0.800. The number of nitrogens with one attached hydrogen (secondary N) is 1. The first-order chi connectivity index (χ1) is 8.59. The van der Waals surface area contributed by atoms with Crippen molar-refractivity contribution in [1.29, 1.82) is 0 Å². The number of aryl methyl sites for hydroxylation is 1. The summed E-state index contributed by atoms with van der Waals surface area (Å²) in [4.78, 5) is 12.4. The molecule has 0 saturated heterocycles. The Hall–Kier alpha value is -1.43. The van der Waals surface area contributed by atoms with Crippen LogP contribution in [0.4, 0.5) is 5.82 Å². The Kier molecular flexibility index (Phi) is 2.62. The minimum Gasteiger partial charge on any atom is -0.389 e. The molecule has 0 spiro atoms. The highest BCUT2D eigenvalue weighted by Crippen LogP contribution is 2.57. The first-order valence-electron chi connectivity index (χ1n) is 6.22. The van der Waals surface area contributed by atoms with Gasteiger partial charge in [0.2, 0.25) is 5.91 Å². The lowest BCUT2D eigenvalue weighted by Gasteiger charge is -2.08. The van der Waals surface area contributed by atoms with E-state index in [0.717, 1.165) is 0 Å². The fraction of sp³-hybridized carbons (Fsp3) is 0.583. The van der Waals surface area contributed by atoms with E-state index in [9.17, 15) is 4.79 Å². The monoisotopic (exact) mass is 264 g/mol. The molecular formula is C12H16N4OS. The maximum Gasteiger partial charge on any atom is 0.229 e. The van der Waals surface area contributed by atoms with Gasteiger partial charge in [-0.25, -0.2) is 0 Å². The van der Waals surface area contributed by atoms with Gasteiger partial charge < -0.3 is 11.1 Å². The van der Waals surface area contributed by atoms with Crippen LogP contribution in [0.2, 0.25) is 0 Å². The van der Waals surface area contributed by atoms with E-state index < -0.39 is 0 Å². The van der Waals surface area contributed by atoms with E-state index in [2.05, 4.69) is 10.4 Å². The molecule has 3 N–H and O–H groups in total. The van der Waals surface area contributed by atoms with Gasteiger partial charge in [-0.1, -0.05) is 18.6 Å². The van der Waals surface area contributed by atoms with E-state index in [1.54, 1.807) is 17.9 Å². The average Bonchev–Trinajstić information content (AvgIpc) is 2.68. The van der Waals surface area contributed by atoms with E-state index in [1.165, 1.54) is 19.3 Å². The lowest BCUT2D eigenvalue weighted by molar-refractivity contribution is -0.118. The molecule has 2 unspecified atom stereocenters. The van der Waals surface area contributed by atoms with Crippen molar-refractivity contribution in [2.24, 2.45) is 30.5 Å². The summed E-state index contributed by atoms with van der Waals surface area (Å²) in [5.74, 6) is 2.09. The lowest BCUT2D eigenvalue weighted by atomic mass is 10.1. The third-order valence-corrected chi connectivity index (χ3v) is 4.38. The fourth-order valence-corrected chi connectivity index (χ4v) is 3.33. The number of nitrogens with zero attached hydrogens (tertiary/aromatic N) is 2. The average molecular weight is 264 g/mol. The molecule has 0 aliphatic heterocycles. The van der Waals surface area contributed by atoms with Crippen LogP contribution in [0.25, 0.3) is 0 Å². The summed E-state index contributed by atoms with van der Waals surface area (Å²) in [5.41, 5.74) is 6.25. The van der Waals surface area contributed by atoms with E-state index in [0.29, 0.717) is 23.2 Å². The van der Waals surface area contributed by atoms with Gasteiger partial charge >= 0.3 is 0 Å². The number of hydrogen-bond acceptors (Lipinski definition) is 3. The molecule has 0 bridgehead atoms.